The van der Waals surface area contributed by atoms with Crippen molar-refractivity contribution < 1.29 is 17.9 Å². The Labute approximate surface area is 130 Å². The molecule has 2 aromatic rings. The highest BCUT2D eigenvalue weighted by Crippen LogP contribution is 2.38. The summed E-state index contributed by atoms with van der Waals surface area (Å²) in [5, 5.41) is 5.51. The highest BCUT2D eigenvalue weighted by molar-refractivity contribution is 7.13. The average Bonchev–Trinajstić information content (AvgIpc) is 3.01. The van der Waals surface area contributed by atoms with E-state index in [9.17, 15) is 13.2 Å². The van der Waals surface area contributed by atoms with Crippen LogP contribution in [0, 0.1) is 0 Å². The number of alkyl halides is 3. The Bertz CT molecular complexity index is 622. The molecule has 0 radical (unpaired) electrons. The summed E-state index contributed by atoms with van der Waals surface area (Å²) in [5.41, 5.74) is -0.279. The minimum atomic E-state index is -4.38. The van der Waals surface area contributed by atoms with Gasteiger partial charge in [-0.15, -0.1) is 11.3 Å². The van der Waals surface area contributed by atoms with Gasteiger partial charge in [0.05, 0.1) is 11.1 Å². The fraction of sp³-hybridized carbons (Fsp3) is 0.400. The average molecular weight is 328 g/mol. The van der Waals surface area contributed by atoms with Gasteiger partial charge in [-0.2, -0.15) is 13.2 Å². The highest BCUT2D eigenvalue weighted by Gasteiger charge is 2.32. The molecule has 0 unspecified atom stereocenters. The molecule has 1 aromatic carbocycles. The summed E-state index contributed by atoms with van der Waals surface area (Å²) in [6.45, 7) is 1.72. The normalized spacial score (nSPS) is 16.7. The van der Waals surface area contributed by atoms with Gasteiger partial charge in [0.15, 0.2) is 0 Å². The van der Waals surface area contributed by atoms with Crippen LogP contribution in [-0.2, 0) is 6.18 Å². The Kier molecular flexibility index (Phi) is 4.35. The summed E-state index contributed by atoms with van der Waals surface area (Å²) >= 11 is 1.30. The molecule has 22 heavy (non-hydrogen) atoms. The SMILES string of the molecule is FC(F)(F)c1ccc(OC2CCNCC2)c(-c2nccs2)c1. The molecule has 1 aliphatic rings. The number of benzene rings is 1. The number of thiazole rings is 1. The van der Waals surface area contributed by atoms with Gasteiger partial charge in [-0.25, -0.2) is 4.98 Å². The van der Waals surface area contributed by atoms with Crippen molar-refractivity contribution in [3.63, 3.8) is 0 Å². The number of hydrogen-bond donors (Lipinski definition) is 1. The van der Waals surface area contributed by atoms with Crippen molar-refractivity contribution in [1.29, 1.82) is 0 Å². The van der Waals surface area contributed by atoms with Gasteiger partial charge in [0.25, 0.3) is 0 Å². The van der Waals surface area contributed by atoms with Crippen LogP contribution in [0.2, 0.25) is 0 Å². The van der Waals surface area contributed by atoms with E-state index < -0.39 is 11.7 Å². The zero-order valence-corrected chi connectivity index (χ0v) is 12.5. The maximum atomic E-state index is 12.9. The first-order chi connectivity index (χ1) is 10.5. The molecule has 3 nitrogen and oxygen atoms in total. The van der Waals surface area contributed by atoms with E-state index in [0.717, 1.165) is 38.1 Å². The molecule has 7 heteroatoms. The molecule has 1 N–H and O–H groups in total. The van der Waals surface area contributed by atoms with Crippen LogP contribution in [0.5, 0.6) is 5.75 Å². The number of halogens is 3. The van der Waals surface area contributed by atoms with E-state index in [2.05, 4.69) is 10.3 Å². The first kappa shape index (κ1) is 15.3. The lowest BCUT2D eigenvalue weighted by molar-refractivity contribution is -0.137. The van der Waals surface area contributed by atoms with Crippen molar-refractivity contribution in [3.05, 3.63) is 35.3 Å². The van der Waals surface area contributed by atoms with Crippen LogP contribution < -0.4 is 10.1 Å². The third-order valence-electron chi connectivity index (χ3n) is 3.55. The summed E-state index contributed by atoms with van der Waals surface area (Å²) in [5.74, 6) is 0.467. The molecular formula is C15H15F3N2OS. The summed E-state index contributed by atoms with van der Waals surface area (Å²) in [6, 6.07) is 3.59. The largest absolute Gasteiger partial charge is 0.490 e. The van der Waals surface area contributed by atoms with E-state index in [1.54, 1.807) is 11.6 Å². The molecule has 118 valence electrons. The van der Waals surface area contributed by atoms with Crippen LogP contribution in [0.1, 0.15) is 18.4 Å². The molecule has 3 rings (SSSR count). The van der Waals surface area contributed by atoms with Crippen LogP contribution in [0.15, 0.2) is 29.8 Å². The third-order valence-corrected chi connectivity index (χ3v) is 4.36. The number of piperidine rings is 1. The van der Waals surface area contributed by atoms with Gasteiger partial charge in [0.1, 0.15) is 16.9 Å². The summed E-state index contributed by atoms with van der Waals surface area (Å²) < 4.78 is 44.7. The second kappa shape index (κ2) is 6.26. The van der Waals surface area contributed by atoms with Crippen LogP contribution in [0.3, 0.4) is 0 Å². The van der Waals surface area contributed by atoms with Gasteiger partial charge in [-0.05, 0) is 44.1 Å². The molecule has 2 heterocycles. The molecule has 0 aliphatic carbocycles. The Morgan fingerprint density at radius 2 is 2.00 bits per heavy atom. The molecule has 1 aromatic heterocycles. The summed E-state index contributed by atoms with van der Waals surface area (Å²) in [6.07, 6.45) is -1.08. The molecule has 0 spiro atoms. The minimum Gasteiger partial charge on any atom is -0.490 e. The molecule has 0 amide bonds. The summed E-state index contributed by atoms with van der Waals surface area (Å²) in [4.78, 5) is 4.12. The molecule has 0 saturated carbocycles. The Morgan fingerprint density at radius 3 is 2.64 bits per heavy atom. The minimum absolute atomic E-state index is 0.0247. The Balaban J connectivity index is 1.94. The van der Waals surface area contributed by atoms with Gasteiger partial charge in [-0.3, -0.25) is 0 Å². The van der Waals surface area contributed by atoms with Crippen LogP contribution in [0.25, 0.3) is 10.6 Å². The fourth-order valence-electron chi connectivity index (χ4n) is 2.43. The van der Waals surface area contributed by atoms with E-state index in [1.807, 2.05) is 0 Å². The molecule has 1 aliphatic heterocycles. The van der Waals surface area contributed by atoms with Crippen molar-refractivity contribution >= 4 is 11.3 Å². The predicted octanol–water partition coefficient (Wildman–Crippen LogP) is 3.96. The van der Waals surface area contributed by atoms with Crippen molar-refractivity contribution in [2.24, 2.45) is 0 Å². The third kappa shape index (κ3) is 3.41. The standard InChI is InChI=1S/C15H15F3N2OS/c16-15(17,18)10-1-2-13(21-11-3-5-19-6-4-11)12(9-10)14-20-7-8-22-14/h1-2,7-9,11,19H,3-6H2. The lowest BCUT2D eigenvalue weighted by Gasteiger charge is -2.25. The number of aromatic nitrogens is 1. The van der Waals surface area contributed by atoms with E-state index in [1.165, 1.54) is 17.4 Å². The monoisotopic (exact) mass is 328 g/mol. The number of rotatable bonds is 3. The van der Waals surface area contributed by atoms with Crippen LogP contribution in [0.4, 0.5) is 13.2 Å². The lowest BCUT2D eigenvalue weighted by Crippen LogP contribution is -2.34. The fourth-order valence-corrected chi connectivity index (χ4v) is 3.08. The molecule has 0 bridgehead atoms. The quantitative estimate of drug-likeness (QED) is 0.926. The zero-order valence-electron chi connectivity index (χ0n) is 11.7. The smallest absolute Gasteiger partial charge is 0.416 e. The van der Waals surface area contributed by atoms with Crippen molar-refractivity contribution in [2.45, 2.75) is 25.1 Å². The zero-order chi connectivity index (χ0) is 15.6. The molecule has 1 fully saturated rings. The van der Waals surface area contributed by atoms with E-state index in [4.69, 9.17) is 4.74 Å². The molecule has 1 saturated heterocycles. The number of hydrogen-bond acceptors (Lipinski definition) is 4. The predicted molar refractivity (Wildman–Crippen MR) is 79.1 cm³/mol. The number of nitrogens with one attached hydrogen (secondary N) is 1. The maximum absolute atomic E-state index is 12.9. The number of ether oxygens (including phenoxy) is 1. The first-order valence-electron chi connectivity index (χ1n) is 7.02. The highest BCUT2D eigenvalue weighted by atomic mass is 32.1. The first-order valence-corrected chi connectivity index (χ1v) is 7.90. The topological polar surface area (TPSA) is 34.1 Å². The van der Waals surface area contributed by atoms with Gasteiger partial charge in [-0.1, -0.05) is 0 Å². The van der Waals surface area contributed by atoms with Crippen molar-refractivity contribution in [2.75, 3.05) is 13.1 Å². The van der Waals surface area contributed by atoms with Crippen molar-refractivity contribution in [3.8, 4) is 16.3 Å². The molecule has 0 atom stereocenters. The lowest BCUT2D eigenvalue weighted by atomic mass is 10.1. The van der Waals surface area contributed by atoms with Gasteiger partial charge < -0.3 is 10.1 Å². The van der Waals surface area contributed by atoms with Crippen molar-refractivity contribution in [1.82, 2.24) is 10.3 Å². The van der Waals surface area contributed by atoms with Crippen LogP contribution in [-0.4, -0.2) is 24.2 Å². The van der Waals surface area contributed by atoms with Gasteiger partial charge in [0, 0.05) is 11.6 Å². The van der Waals surface area contributed by atoms with E-state index in [0.29, 0.717) is 16.3 Å². The Hall–Kier alpha value is -1.60. The van der Waals surface area contributed by atoms with E-state index in [-0.39, 0.29) is 6.10 Å². The second-order valence-corrected chi connectivity index (χ2v) is 6.01. The summed E-state index contributed by atoms with van der Waals surface area (Å²) in [7, 11) is 0. The van der Waals surface area contributed by atoms with Crippen LogP contribution >= 0.6 is 11.3 Å². The van der Waals surface area contributed by atoms with E-state index >= 15 is 0 Å². The van der Waals surface area contributed by atoms with Gasteiger partial charge >= 0.3 is 6.18 Å². The Morgan fingerprint density at radius 1 is 1.23 bits per heavy atom. The van der Waals surface area contributed by atoms with Gasteiger partial charge in [0.2, 0.25) is 0 Å². The molecular weight excluding hydrogens is 313 g/mol. The second-order valence-electron chi connectivity index (χ2n) is 5.11. The number of nitrogens with zero attached hydrogens (tertiary/aromatic N) is 1. The maximum Gasteiger partial charge on any atom is 0.416 e.